The van der Waals surface area contributed by atoms with E-state index in [9.17, 15) is 9.59 Å². The number of hydrogen-bond donors (Lipinski definition) is 1. The highest BCUT2D eigenvalue weighted by Gasteiger charge is 2.37. The lowest BCUT2D eigenvalue weighted by Crippen LogP contribution is -2.33. The van der Waals surface area contributed by atoms with Crippen molar-refractivity contribution in [3.63, 3.8) is 0 Å². The first-order valence-corrected chi connectivity index (χ1v) is 7.81. The Kier molecular flexibility index (Phi) is 4.15. The van der Waals surface area contributed by atoms with E-state index >= 15 is 0 Å². The number of benzene rings is 2. The molecule has 118 valence electrons. The van der Waals surface area contributed by atoms with Gasteiger partial charge < -0.3 is 10.2 Å². The van der Waals surface area contributed by atoms with Crippen LogP contribution in [-0.4, -0.2) is 18.4 Å². The molecule has 0 bridgehead atoms. The summed E-state index contributed by atoms with van der Waals surface area (Å²) in [5.74, 6) is -0.963. The molecule has 0 saturated carbocycles. The highest BCUT2D eigenvalue weighted by atomic mass is 16.2. The van der Waals surface area contributed by atoms with E-state index in [2.05, 4.69) is 5.32 Å². The highest BCUT2D eigenvalue weighted by molar-refractivity contribution is 6.13. The van der Waals surface area contributed by atoms with Gasteiger partial charge in [0.1, 0.15) is 5.92 Å². The Balaban J connectivity index is 1.72. The number of anilines is 2. The predicted molar refractivity (Wildman–Crippen MR) is 91.4 cm³/mol. The first-order valence-electron chi connectivity index (χ1n) is 7.81. The maximum Gasteiger partial charge on any atom is 0.239 e. The average Bonchev–Trinajstić information content (AvgIpc) is 2.92. The zero-order valence-electron chi connectivity index (χ0n) is 13.4. The molecule has 1 heterocycles. The first-order chi connectivity index (χ1) is 11.1. The fraction of sp³-hybridized carbons (Fsp3) is 0.263. The number of nitrogens with one attached hydrogen (secondary N) is 1. The molecule has 4 heteroatoms. The van der Waals surface area contributed by atoms with Gasteiger partial charge in [-0.3, -0.25) is 9.59 Å². The molecular formula is C19H20N2O2. The third-order valence-corrected chi connectivity index (χ3v) is 4.25. The summed E-state index contributed by atoms with van der Waals surface area (Å²) in [4.78, 5) is 26.7. The van der Waals surface area contributed by atoms with E-state index < -0.39 is 5.92 Å². The Morgan fingerprint density at radius 2 is 1.78 bits per heavy atom. The van der Waals surface area contributed by atoms with Crippen LogP contribution in [0.4, 0.5) is 11.4 Å². The summed E-state index contributed by atoms with van der Waals surface area (Å²) in [6.07, 6.45) is 0.546. The van der Waals surface area contributed by atoms with E-state index in [1.165, 1.54) is 0 Å². The Hall–Kier alpha value is -2.62. The van der Waals surface area contributed by atoms with E-state index in [0.29, 0.717) is 13.0 Å². The van der Waals surface area contributed by atoms with Crippen LogP contribution in [0.5, 0.6) is 0 Å². The fourth-order valence-corrected chi connectivity index (χ4v) is 2.89. The van der Waals surface area contributed by atoms with Gasteiger partial charge in [-0.2, -0.15) is 0 Å². The monoisotopic (exact) mass is 308 g/mol. The largest absolute Gasteiger partial charge is 0.325 e. The summed E-state index contributed by atoms with van der Waals surface area (Å²) in [7, 11) is 0. The average molecular weight is 308 g/mol. The van der Waals surface area contributed by atoms with E-state index in [-0.39, 0.29) is 11.8 Å². The summed E-state index contributed by atoms with van der Waals surface area (Å²) in [6, 6.07) is 15.3. The molecule has 3 rings (SSSR count). The molecule has 1 aliphatic rings. The van der Waals surface area contributed by atoms with Crippen LogP contribution in [-0.2, 0) is 9.59 Å². The van der Waals surface area contributed by atoms with Crippen molar-refractivity contribution in [3.05, 3.63) is 59.7 Å². The molecule has 4 nitrogen and oxygen atoms in total. The van der Waals surface area contributed by atoms with E-state index in [0.717, 1.165) is 22.5 Å². The summed E-state index contributed by atoms with van der Waals surface area (Å²) in [5, 5.41) is 2.84. The lowest BCUT2D eigenvalue weighted by atomic mass is 10.1. The van der Waals surface area contributed by atoms with Gasteiger partial charge in [0.25, 0.3) is 0 Å². The maximum atomic E-state index is 12.6. The highest BCUT2D eigenvalue weighted by Crippen LogP contribution is 2.28. The molecule has 0 spiro atoms. The van der Waals surface area contributed by atoms with Crippen LogP contribution in [0.3, 0.4) is 0 Å². The van der Waals surface area contributed by atoms with Crippen molar-refractivity contribution in [2.75, 3.05) is 16.8 Å². The molecule has 0 aliphatic carbocycles. The molecule has 1 N–H and O–H groups in total. The van der Waals surface area contributed by atoms with Gasteiger partial charge in [-0.1, -0.05) is 35.9 Å². The van der Waals surface area contributed by atoms with Crippen molar-refractivity contribution in [1.29, 1.82) is 0 Å². The molecule has 1 aliphatic heterocycles. The zero-order chi connectivity index (χ0) is 16.4. The van der Waals surface area contributed by atoms with E-state index in [1.54, 1.807) is 4.90 Å². The molecule has 2 amide bonds. The Labute approximate surface area is 136 Å². The van der Waals surface area contributed by atoms with Crippen LogP contribution in [0.15, 0.2) is 48.5 Å². The predicted octanol–water partition coefficient (Wildman–Crippen LogP) is 3.30. The smallest absolute Gasteiger partial charge is 0.239 e. The quantitative estimate of drug-likeness (QED) is 0.885. The molecule has 1 saturated heterocycles. The topological polar surface area (TPSA) is 49.4 Å². The van der Waals surface area contributed by atoms with Gasteiger partial charge in [0.2, 0.25) is 11.8 Å². The minimum absolute atomic E-state index is 0.121. The van der Waals surface area contributed by atoms with Crippen molar-refractivity contribution in [2.24, 2.45) is 5.92 Å². The molecule has 0 aromatic heterocycles. The molecule has 0 radical (unpaired) electrons. The van der Waals surface area contributed by atoms with Crippen LogP contribution in [0, 0.1) is 19.8 Å². The van der Waals surface area contributed by atoms with Crippen molar-refractivity contribution in [1.82, 2.24) is 0 Å². The maximum absolute atomic E-state index is 12.6. The molecule has 1 unspecified atom stereocenters. The lowest BCUT2D eigenvalue weighted by Gasteiger charge is -2.19. The van der Waals surface area contributed by atoms with Crippen molar-refractivity contribution >= 4 is 23.2 Å². The lowest BCUT2D eigenvalue weighted by molar-refractivity contribution is -0.129. The van der Waals surface area contributed by atoms with Crippen LogP contribution in [0.2, 0.25) is 0 Å². The van der Waals surface area contributed by atoms with Gasteiger partial charge >= 0.3 is 0 Å². The van der Waals surface area contributed by atoms with Gasteiger partial charge in [0.15, 0.2) is 0 Å². The normalized spacial score (nSPS) is 17.4. The number of carbonyl (C=O) groups excluding carboxylic acids is 2. The number of nitrogens with zero attached hydrogens (tertiary/aromatic N) is 1. The second kappa shape index (κ2) is 6.24. The molecule has 1 atom stereocenters. The number of para-hydroxylation sites is 1. The third kappa shape index (κ3) is 3.11. The second-order valence-electron chi connectivity index (χ2n) is 5.97. The van der Waals surface area contributed by atoms with Crippen molar-refractivity contribution in [2.45, 2.75) is 20.3 Å². The van der Waals surface area contributed by atoms with Crippen molar-refractivity contribution in [3.8, 4) is 0 Å². The van der Waals surface area contributed by atoms with Gasteiger partial charge in [0.05, 0.1) is 0 Å². The zero-order valence-corrected chi connectivity index (χ0v) is 13.4. The third-order valence-electron chi connectivity index (χ3n) is 4.25. The number of hydrogen-bond acceptors (Lipinski definition) is 2. The summed E-state index contributed by atoms with van der Waals surface area (Å²) < 4.78 is 0. The van der Waals surface area contributed by atoms with Crippen LogP contribution < -0.4 is 10.2 Å². The molecule has 1 fully saturated rings. The Morgan fingerprint density at radius 3 is 2.48 bits per heavy atom. The number of carbonyl (C=O) groups is 2. The summed E-state index contributed by atoms with van der Waals surface area (Å²) >= 11 is 0. The SMILES string of the molecule is Cc1ccc(NC(=O)C2CCN(c3ccccc3C)C2=O)cc1. The standard InChI is InChI=1S/C19H20N2O2/c1-13-7-9-15(10-8-13)20-18(22)16-11-12-21(19(16)23)17-6-4-3-5-14(17)2/h3-10,16H,11-12H2,1-2H3,(H,20,22). The number of aryl methyl sites for hydroxylation is 2. The Bertz CT molecular complexity index is 737. The fourth-order valence-electron chi connectivity index (χ4n) is 2.89. The minimum atomic E-state index is -0.615. The van der Waals surface area contributed by atoms with Gasteiger partial charge in [-0.05, 0) is 44.0 Å². The van der Waals surface area contributed by atoms with Crippen molar-refractivity contribution < 1.29 is 9.59 Å². The van der Waals surface area contributed by atoms with Gasteiger partial charge in [-0.25, -0.2) is 0 Å². The van der Waals surface area contributed by atoms with Crippen LogP contribution >= 0.6 is 0 Å². The summed E-state index contributed by atoms with van der Waals surface area (Å²) in [5.41, 5.74) is 3.79. The molecule has 23 heavy (non-hydrogen) atoms. The Morgan fingerprint density at radius 1 is 1.09 bits per heavy atom. The molecule has 2 aromatic rings. The number of rotatable bonds is 3. The second-order valence-corrected chi connectivity index (χ2v) is 5.97. The van der Waals surface area contributed by atoms with Gasteiger partial charge in [-0.15, -0.1) is 0 Å². The molecule has 2 aromatic carbocycles. The van der Waals surface area contributed by atoms with E-state index in [4.69, 9.17) is 0 Å². The van der Waals surface area contributed by atoms with Crippen LogP contribution in [0.1, 0.15) is 17.5 Å². The van der Waals surface area contributed by atoms with Gasteiger partial charge in [0, 0.05) is 17.9 Å². The minimum Gasteiger partial charge on any atom is -0.325 e. The first kappa shape index (κ1) is 15.3. The summed E-state index contributed by atoms with van der Waals surface area (Å²) in [6.45, 7) is 4.55. The molecular weight excluding hydrogens is 288 g/mol. The van der Waals surface area contributed by atoms with Crippen LogP contribution in [0.25, 0.3) is 0 Å². The van der Waals surface area contributed by atoms with E-state index in [1.807, 2.05) is 62.4 Å². The number of amides is 2.